The molecule has 1 rings (SSSR count). The Morgan fingerprint density at radius 1 is 1.13 bits per heavy atom. The first-order valence-corrected chi connectivity index (χ1v) is 8.92. The molecular formula is C18H33AcNO3. The minimum absolute atomic E-state index is 0. The molecule has 0 spiro atoms. The van der Waals surface area contributed by atoms with Crippen LogP contribution in [0.15, 0.2) is 0 Å². The average molecular weight is 538 g/mol. The summed E-state index contributed by atoms with van der Waals surface area (Å²) in [7, 11) is 1.93. The molecule has 4 nitrogen and oxygen atoms in total. The van der Waals surface area contributed by atoms with Gasteiger partial charge >= 0.3 is 0 Å². The maximum Gasteiger partial charge on any atom is 0.152 e. The normalized spacial score (nSPS) is 25.2. The molecule has 1 radical (unpaired) electrons. The van der Waals surface area contributed by atoms with Crippen LogP contribution in [0.25, 0.3) is 0 Å². The molecule has 1 aliphatic heterocycles. The molecule has 0 saturated carbocycles. The summed E-state index contributed by atoms with van der Waals surface area (Å²) in [5.74, 6) is -0.0448. The molecule has 0 amide bonds. The summed E-state index contributed by atoms with van der Waals surface area (Å²) in [6, 6.07) is -0.462. The molecule has 1 fully saturated rings. The summed E-state index contributed by atoms with van der Waals surface area (Å²) in [6.45, 7) is 2.68. The van der Waals surface area contributed by atoms with Crippen molar-refractivity contribution >= 4 is 12.1 Å². The molecule has 1 heterocycles. The molecule has 23 heavy (non-hydrogen) atoms. The van der Waals surface area contributed by atoms with Gasteiger partial charge in [-0.1, -0.05) is 45.4 Å². The Labute approximate surface area is 177 Å². The summed E-state index contributed by atoms with van der Waals surface area (Å²) in [5, 5.41) is 10.6. The average Bonchev–Trinajstić information content (AvgIpc) is 2.50. The second kappa shape index (κ2) is 13.9. The van der Waals surface area contributed by atoms with E-state index in [1.807, 2.05) is 18.9 Å². The second-order valence-corrected chi connectivity index (χ2v) is 6.84. The van der Waals surface area contributed by atoms with Gasteiger partial charge in [0.15, 0.2) is 5.78 Å². The molecule has 3 atom stereocenters. The number of aliphatic hydroxyl groups is 1. The van der Waals surface area contributed by atoms with Gasteiger partial charge in [0, 0.05) is 56.9 Å². The number of ketones is 1. The summed E-state index contributed by atoms with van der Waals surface area (Å²) in [4.78, 5) is 25.3. The van der Waals surface area contributed by atoms with Gasteiger partial charge < -0.3 is 9.90 Å². The number of carbonyl (C=O) groups is 2. The molecule has 0 aromatic carbocycles. The number of aldehydes is 1. The first kappa shape index (κ1) is 23.7. The number of carbonyl (C=O) groups excluding carboxylic acids is 2. The van der Waals surface area contributed by atoms with Crippen molar-refractivity contribution in [1.82, 2.24) is 4.90 Å². The molecule has 1 saturated heterocycles. The second-order valence-electron chi connectivity index (χ2n) is 6.84. The molecule has 1 aliphatic rings. The first-order chi connectivity index (χ1) is 10.6. The van der Waals surface area contributed by atoms with Crippen LogP contribution >= 0.6 is 0 Å². The summed E-state index contributed by atoms with van der Waals surface area (Å²) in [6.07, 6.45) is 10.2. The van der Waals surface area contributed by atoms with Crippen LogP contribution in [0.4, 0.5) is 0 Å². The molecule has 131 valence electrons. The van der Waals surface area contributed by atoms with Crippen LogP contribution in [0.2, 0.25) is 0 Å². The number of likely N-dealkylation sites (N-methyl/N-ethyl adjacent to an activating group) is 1. The summed E-state index contributed by atoms with van der Waals surface area (Å²) < 4.78 is 0. The van der Waals surface area contributed by atoms with Crippen molar-refractivity contribution < 1.29 is 58.8 Å². The minimum atomic E-state index is -0.757. The van der Waals surface area contributed by atoms with E-state index in [1.54, 1.807) is 0 Å². The van der Waals surface area contributed by atoms with E-state index in [0.717, 1.165) is 32.1 Å². The smallest absolute Gasteiger partial charge is 0.152 e. The topological polar surface area (TPSA) is 57.6 Å². The zero-order valence-corrected chi connectivity index (χ0v) is 19.6. The number of hydrogen-bond donors (Lipinski definition) is 1. The molecular weight excluding hydrogens is 505 g/mol. The van der Waals surface area contributed by atoms with E-state index in [-0.39, 0.29) is 55.8 Å². The molecule has 0 aromatic rings. The third-order valence-electron chi connectivity index (χ3n) is 4.86. The summed E-state index contributed by atoms with van der Waals surface area (Å²) >= 11 is 0. The van der Waals surface area contributed by atoms with E-state index in [4.69, 9.17) is 0 Å². The van der Waals surface area contributed by atoms with E-state index in [0.29, 0.717) is 12.8 Å². The van der Waals surface area contributed by atoms with Gasteiger partial charge in [-0.15, -0.1) is 0 Å². The van der Waals surface area contributed by atoms with Gasteiger partial charge in [-0.3, -0.25) is 9.69 Å². The van der Waals surface area contributed by atoms with Gasteiger partial charge in [0.25, 0.3) is 0 Å². The van der Waals surface area contributed by atoms with Crippen molar-refractivity contribution in [3.8, 4) is 0 Å². The molecule has 0 bridgehead atoms. The quantitative estimate of drug-likeness (QED) is 0.560. The van der Waals surface area contributed by atoms with Gasteiger partial charge in [-0.2, -0.15) is 0 Å². The summed E-state index contributed by atoms with van der Waals surface area (Å²) in [5.41, 5.74) is 0. The van der Waals surface area contributed by atoms with Crippen molar-refractivity contribution in [3.05, 3.63) is 0 Å². The number of nitrogens with zero attached hydrogens (tertiary/aromatic N) is 1. The van der Waals surface area contributed by atoms with Gasteiger partial charge in [-0.25, -0.2) is 0 Å². The van der Waals surface area contributed by atoms with Gasteiger partial charge in [0.1, 0.15) is 6.29 Å². The van der Waals surface area contributed by atoms with Crippen molar-refractivity contribution in [2.75, 3.05) is 13.6 Å². The Balaban J connectivity index is 0.00000484. The van der Waals surface area contributed by atoms with Crippen molar-refractivity contribution in [1.29, 1.82) is 0 Å². The van der Waals surface area contributed by atoms with Crippen molar-refractivity contribution in [2.24, 2.45) is 5.92 Å². The van der Waals surface area contributed by atoms with Crippen LogP contribution in [-0.2, 0) is 9.59 Å². The maximum absolute atomic E-state index is 12.6. The van der Waals surface area contributed by atoms with E-state index in [2.05, 4.69) is 0 Å². The fourth-order valence-corrected chi connectivity index (χ4v) is 3.31. The maximum atomic E-state index is 12.6. The van der Waals surface area contributed by atoms with Crippen LogP contribution in [0.5, 0.6) is 0 Å². The van der Waals surface area contributed by atoms with Crippen molar-refractivity contribution in [2.45, 2.75) is 83.3 Å². The standard InChI is InChI=1S/C18H33NO3.Ac/c1-15(12-14-20)18(22)17-16(21)11-9-7-5-3-4-6-8-10-13-19(17)2;/h14-15,17-18,22H,3-13H2,1-2H3;/t15-,17-,18?;/m1./s1. The van der Waals surface area contributed by atoms with E-state index < -0.39 is 12.1 Å². The van der Waals surface area contributed by atoms with Crippen molar-refractivity contribution in [3.63, 3.8) is 0 Å². The largest absolute Gasteiger partial charge is 0.391 e. The van der Waals surface area contributed by atoms with Gasteiger partial charge in [0.2, 0.25) is 0 Å². The SMILES string of the molecule is C[C@H](CC=O)C(O)[C@H]1C(=O)CCCCCCCCCCN1C.[Ac]. The molecule has 5 heteroatoms. The third-order valence-corrected chi connectivity index (χ3v) is 4.86. The number of hydrogen-bond acceptors (Lipinski definition) is 4. The van der Waals surface area contributed by atoms with Gasteiger partial charge in [-0.05, 0) is 32.4 Å². The molecule has 0 aliphatic carbocycles. The van der Waals surface area contributed by atoms with E-state index in [9.17, 15) is 14.7 Å². The monoisotopic (exact) mass is 538 g/mol. The van der Waals surface area contributed by atoms with E-state index >= 15 is 0 Å². The van der Waals surface area contributed by atoms with Crippen LogP contribution in [0, 0.1) is 50.0 Å². The number of rotatable bonds is 4. The Morgan fingerprint density at radius 2 is 1.65 bits per heavy atom. The Hall–Kier alpha value is 0.702. The molecule has 0 aromatic heterocycles. The Bertz CT molecular complexity index is 338. The fraction of sp³-hybridized carbons (Fsp3) is 0.889. The van der Waals surface area contributed by atoms with Crippen LogP contribution in [0.3, 0.4) is 0 Å². The Morgan fingerprint density at radius 3 is 2.22 bits per heavy atom. The Kier molecular flexibility index (Phi) is 14.4. The molecule has 1 N–H and O–H groups in total. The zero-order valence-electron chi connectivity index (χ0n) is 14.9. The number of aliphatic hydroxyl groups excluding tert-OH is 1. The van der Waals surface area contributed by atoms with Crippen LogP contribution < -0.4 is 0 Å². The van der Waals surface area contributed by atoms with Crippen LogP contribution in [-0.4, -0.2) is 47.8 Å². The number of Topliss-reactive ketones (excluding diaryl/α,β-unsaturated/α-hetero) is 1. The molecule has 1 unspecified atom stereocenters. The predicted molar refractivity (Wildman–Crippen MR) is 88.8 cm³/mol. The fourth-order valence-electron chi connectivity index (χ4n) is 3.31. The van der Waals surface area contributed by atoms with E-state index in [1.165, 1.54) is 32.1 Å². The minimum Gasteiger partial charge on any atom is -0.391 e. The van der Waals surface area contributed by atoms with Crippen LogP contribution in [0.1, 0.15) is 71.1 Å². The zero-order chi connectivity index (χ0) is 16.4. The third kappa shape index (κ3) is 9.10. The van der Waals surface area contributed by atoms with Gasteiger partial charge in [0.05, 0.1) is 12.1 Å². The predicted octanol–water partition coefficient (Wildman–Crippen LogP) is 2.97. The first-order valence-electron chi connectivity index (χ1n) is 8.92.